The highest BCUT2D eigenvalue weighted by molar-refractivity contribution is 9.10. The normalized spacial score (nSPS) is 11.0. The van der Waals surface area contributed by atoms with Gasteiger partial charge in [-0.1, -0.05) is 0 Å². The lowest BCUT2D eigenvalue weighted by Crippen LogP contribution is -2.24. The third-order valence-electron chi connectivity index (χ3n) is 3.69. The largest absolute Gasteiger partial charge is 0.305 e. The molecule has 0 aliphatic carbocycles. The highest BCUT2D eigenvalue weighted by Gasteiger charge is 2.19. The molecule has 0 aliphatic heterocycles. The SMILES string of the molecule is CCn1c(-c2ccc(F)cc2F)c(-n2cc(C)cn2)cc(Br)c1=O. The van der Waals surface area contributed by atoms with Crippen LogP contribution in [0.4, 0.5) is 8.78 Å². The number of pyridine rings is 1. The van der Waals surface area contributed by atoms with Crippen LogP contribution in [-0.2, 0) is 6.54 Å². The van der Waals surface area contributed by atoms with Gasteiger partial charge >= 0.3 is 0 Å². The quantitative estimate of drug-likeness (QED) is 0.672. The van der Waals surface area contributed by atoms with Gasteiger partial charge in [-0.05, 0) is 53.5 Å². The van der Waals surface area contributed by atoms with Crippen molar-refractivity contribution in [1.82, 2.24) is 14.3 Å². The van der Waals surface area contributed by atoms with E-state index < -0.39 is 11.6 Å². The van der Waals surface area contributed by atoms with E-state index in [0.29, 0.717) is 22.4 Å². The highest BCUT2D eigenvalue weighted by Crippen LogP contribution is 2.30. The number of rotatable bonds is 3. The predicted octanol–water partition coefficient (Wildman–Crippen LogP) is 4.07. The maximum absolute atomic E-state index is 14.4. The zero-order valence-corrected chi connectivity index (χ0v) is 14.6. The number of hydrogen-bond donors (Lipinski definition) is 0. The fourth-order valence-corrected chi connectivity index (χ4v) is 3.04. The molecule has 3 aromatic rings. The van der Waals surface area contributed by atoms with E-state index in [1.165, 1.54) is 16.7 Å². The first-order valence-corrected chi connectivity index (χ1v) is 8.12. The Morgan fingerprint density at radius 1 is 1.25 bits per heavy atom. The minimum Gasteiger partial charge on any atom is -0.305 e. The monoisotopic (exact) mass is 393 g/mol. The second-order valence-electron chi connectivity index (χ2n) is 5.36. The topological polar surface area (TPSA) is 39.8 Å². The van der Waals surface area contributed by atoms with Crippen LogP contribution in [0.15, 0.2) is 45.9 Å². The molecule has 124 valence electrons. The van der Waals surface area contributed by atoms with Crippen LogP contribution in [0.25, 0.3) is 16.9 Å². The zero-order valence-electron chi connectivity index (χ0n) is 13.1. The summed E-state index contributed by atoms with van der Waals surface area (Å²) < 4.78 is 31.0. The van der Waals surface area contributed by atoms with Crippen molar-refractivity contribution in [2.75, 3.05) is 0 Å². The summed E-state index contributed by atoms with van der Waals surface area (Å²) in [6.07, 6.45) is 3.44. The number of hydrogen-bond acceptors (Lipinski definition) is 2. The van der Waals surface area contributed by atoms with E-state index >= 15 is 0 Å². The van der Waals surface area contributed by atoms with Crippen LogP contribution in [0, 0.1) is 18.6 Å². The Bertz CT molecular complexity index is 978. The van der Waals surface area contributed by atoms with Gasteiger partial charge in [-0.15, -0.1) is 0 Å². The Morgan fingerprint density at radius 3 is 2.58 bits per heavy atom. The van der Waals surface area contributed by atoms with E-state index in [1.807, 2.05) is 6.92 Å². The highest BCUT2D eigenvalue weighted by atomic mass is 79.9. The fraction of sp³-hybridized carbons (Fsp3) is 0.176. The molecule has 7 heteroatoms. The average molecular weight is 394 g/mol. The van der Waals surface area contributed by atoms with Crippen molar-refractivity contribution in [2.24, 2.45) is 0 Å². The zero-order chi connectivity index (χ0) is 17.4. The van der Waals surface area contributed by atoms with Gasteiger partial charge in [-0.2, -0.15) is 5.10 Å². The molecule has 0 bridgehead atoms. The first kappa shape index (κ1) is 16.6. The summed E-state index contributed by atoms with van der Waals surface area (Å²) in [4.78, 5) is 12.5. The summed E-state index contributed by atoms with van der Waals surface area (Å²) in [5.74, 6) is -1.40. The van der Waals surface area contributed by atoms with Crippen molar-refractivity contribution in [3.05, 3.63) is 68.7 Å². The second-order valence-corrected chi connectivity index (χ2v) is 6.22. The van der Waals surface area contributed by atoms with Gasteiger partial charge in [0.2, 0.25) is 0 Å². The number of benzene rings is 1. The molecule has 0 amide bonds. The smallest absolute Gasteiger partial charge is 0.265 e. The van der Waals surface area contributed by atoms with Gasteiger partial charge in [-0.3, -0.25) is 4.79 Å². The van der Waals surface area contributed by atoms with Crippen molar-refractivity contribution in [3.63, 3.8) is 0 Å². The van der Waals surface area contributed by atoms with Crippen LogP contribution in [0.3, 0.4) is 0 Å². The van der Waals surface area contributed by atoms with Crippen molar-refractivity contribution in [1.29, 1.82) is 0 Å². The van der Waals surface area contributed by atoms with Crippen LogP contribution in [0.5, 0.6) is 0 Å². The van der Waals surface area contributed by atoms with Crippen LogP contribution in [0.2, 0.25) is 0 Å². The van der Waals surface area contributed by atoms with Crippen molar-refractivity contribution in [2.45, 2.75) is 20.4 Å². The number of aryl methyl sites for hydroxylation is 1. The van der Waals surface area contributed by atoms with Crippen molar-refractivity contribution in [3.8, 4) is 16.9 Å². The van der Waals surface area contributed by atoms with E-state index in [-0.39, 0.29) is 11.1 Å². The van der Waals surface area contributed by atoms with E-state index in [2.05, 4.69) is 21.0 Å². The predicted molar refractivity (Wildman–Crippen MR) is 91.3 cm³/mol. The minimum absolute atomic E-state index is 0.144. The van der Waals surface area contributed by atoms with Gasteiger partial charge in [0.15, 0.2) is 0 Å². The molecule has 24 heavy (non-hydrogen) atoms. The first-order valence-electron chi connectivity index (χ1n) is 7.32. The van der Waals surface area contributed by atoms with E-state index in [9.17, 15) is 13.6 Å². The van der Waals surface area contributed by atoms with E-state index in [4.69, 9.17) is 0 Å². The molecule has 3 rings (SSSR count). The maximum Gasteiger partial charge on any atom is 0.265 e. The van der Waals surface area contributed by atoms with Gasteiger partial charge in [0.05, 0.1) is 22.1 Å². The van der Waals surface area contributed by atoms with Crippen molar-refractivity contribution < 1.29 is 8.78 Å². The number of aromatic nitrogens is 3. The Kier molecular flexibility index (Phi) is 4.36. The lowest BCUT2D eigenvalue weighted by Gasteiger charge is -2.17. The summed E-state index contributed by atoms with van der Waals surface area (Å²) in [5.41, 5.74) is 1.66. The van der Waals surface area contributed by atoms with Crippen LogP contribution in [0.1, 0.15) is 12.5 Å². The number of nitrogens with zero attached hydrogens (tertiary/aromatic N) is 3. The first-order chi connectivity index (χ1) is 11.4. The molecule has 0 saturated heterocycles. The van der Waals surface area contributed by atoms with Crippen molar-refractivity contribution >= 4 is 15.9 Å². The Hall–Kier alpha value is -2.28. The Balaban J connectivity index is 2.41. The molecule has 2 aromatic heterocycles. The van der Waals surface area contributed by atoms with Crippen LogP contribution in [-0.4, -0.2) is 14.3 Å². The molecule has 0 fully saturated rings. The number of halogens is 3. The van der Waals surface area contributed by atoms with E-state index in [1.54, 1.807) is 30.1 Å². The molecule has 0 N–H and O–H groups in total. The lowest BCUT2D eigenvalue weighted by atomic mass is 10.1. The summed E-state index contributed by atoms with van der Waals surface area (Å²) in [6, 6.07) is 4.90. The molecule has 4 nitrogen and oxygen atoms in total. The summed E-state index contributed by atoms with van der Waals surface area (Å²) in [6.45, 7) is 4.00. The summed E-state index contributed by atoms with van der Waals surface area (Å²) >= 11 is 3.25. The standard InChI is InChI=1S/C17H14BrF2N3O/c1-3-22-16(12-5-4-11(19)6-14(12)20)15(7-13(18)17(22)24)23-9-10(2)8-21-23/h4-9H,3H2,1-2H3. The third kappa shape index (κ3) is 2.80. The van der Waals surface area contributed by atoms with E-state index in [0.717, 1.165) is 11.6 Å². The summed E-state index contributed by atoms with van der Waals surface area (Å²) in [5, 5.41) is 4.25. The fourth-order valence-electron chi connectivity index (χ4n) is 2.60. The molecule has 0 atom stereocenters. The molecular weight excluding hydrogens is 380 g/mol. The Labute approximate surface area is 145 Å². The molecule has 0 radical (unpaired) electrons. The van der Waals surface area contributed by atoms with Crippen LogP contribution >= 0.6 is 15.9 Å². The van der Waals surface area contributed by atoms with Gasteiger partial charge in [0.25, 0.3) is 5.56 Å². The lowest BCUT2D eigenvalue weighted by molar-refractivity contribution is 0.583. The minimum atomic E-state index is -0.732. The third-order valence-corrected chi connectivity index (χ3v) is 4.25. The van der Waals surface area contributed by atoms with Gasteiger partial charge in [0, 0.05) is 24.4 Å². The molecule has 0 saturated carbocycles. The molecule has 0 spiro atoms. The van der Waals surface area contributed by atoms with Gasteiger partial charge < -0.3 is 4.57 Å². The second kappa shape index (κ2) is 6.32. The average Bonchev–Trinajstić information content (AvgIpc) is 2.96. The maximum atomic E-state index is 14.4. The summed E-state index contributed by atoms with van der Waals surface area (Å²) in [7, 11) is 0. The van der Waals surface area contributed by atoms with Gasteiger partial charge in [0.1, 0.15) is 11.6 Å². The molecule has 0 aliphatic rings. The molecule has 2 heterocycles. The molecule has 0 unspecified atom stereocenters. The Morgan fingerprint density at radius 2 is 2.00 bits per heavy atom. The molecular formula is C17H14BrF2N3O. The van der Waals surface area contributed by atoms with Gasteiger partial charge in [-0.25, -0.2) is 13.5 Å². The van der Waals surface area contributed by atoms with Crippen LogP contribution < -0.4 is 5.56 Å². The molecule has 1 aromatic carbocycles.